The van der Waals surface area contributed by atoms with E-state index < -0.39 is 0 Å². The van der Waals surface area contributed by atoms with E-state index in [1.54, 1.807) is 18.2 Å². The molecule has 0 N–H and O–H groups in total. The molecule has 7 heteroatoms. The Bertz CT molecular complexity index is 787. The normalized spacial score (nSPS) is 15.2. The lowest BCUT2D eigenvalue weighted by Crippen LogP contribution is -2.46. The zero-order chi connectivity index (χ0) is 18.7. The maximum absolute atomic E-state index is 6.23. The summed E-state index contributed by atoms with van der Waals surface area (Å²) in [7, 11) is 2.11. The van der Waals surface area contributed by atoms with Gasteiger partial charge in [-0.15, -0.1) is 0 Å². The van der Waals surface area contributed by atoms with E-state index in [9.17, 15) is 0 Å². The van der Waals surface area contributed by atoms with Gasteiger partial charge in [0.15, 0.2) is 0 Å². The monoisotopic (exact) mass is 428 g/mol. The van der Waals surface area contributed by atoms with Crippen molar-refractivity contribution in [3.63, 3.8) is 0 Å². The molecule has 3 nitrogen and oxygen atoms in total. The molecule has 1 saturated heterocycles. The third kappa shape index (κ3) is 4.62. The van der Waals surface area contributed by atoms with Crippen molar-refractivity contribution in [1.29, 1.82) is 0 Å². The highest BCUT2D eigenvalue weighted by Gasteiger charge is 2.20. The highest BCUT2D eigenvalue weighted by atomic mass is 35.5. The number of thiocarbonyl (C=S) groups is 1. The van der Waals surface area contributed by atoms with Crippen LogP contribution in [-0.2, 0) is 6.61 Å². The third-order valence-electron chi connectivity index (χ3n) is 4.40. The number of rotatable bonds is 4. The molecule has 1 heterocycles. The molecule has 1 fully saturated rings. The maximum Gasteiger partial charge on any atom is 0.130 e. The minimum atomic E-state index is 0.262. The van der Waals surface area contributed by atoms with Gasteiger partial charge in [0.05, 0.1) is 5.56 Å². The van der Waals surface area contributed by atoms with E-state index in [-0.39, 0.29) is 6.61 Å². The van der Waals surface area contributed by atoms with E-state index in [0.717, 1.165) is 42.3 Å². The minimum Gasteiger partial charge on any atom is -0.488 e. The van der Waals surface area contributed by atoms with Crippen molar-refractivity contribution < 1.29 is 4.74 Å². The Morgan fingerprint density at radius 1 is 1.04 bits per heavy atom. The number of benzene rings is 2. The molecule has 1 aliphatic heterocycles. The Morgan fingerprint density at radius 3 is 2.35 bits per heavy atom. The van der Waals surface area contributed by atoms with E-state index in [0.29, 0.717) is 20.8 Å². The summed E-state index contributed by atoms with van der Waals surface area (Å²) in [6.45, 7) is 3.99. The van der Waals surface area contributed by atoms with Crippen molar-refractivity contribution in [1.82, 2.24) is 9.80 Å². The summed E-state index contributed by atoms with van der Waals surface area (Å²) in [6, 6.07) is 10.9. The molecule has 2 aromatic rings. The van der Waals surface area contributed by atoms with Gasteiger partial charge in [-0.25, -0.2) is 0 Å². The summed E-state index contributed by atoms with van der Waals surface area (Å²) in [4.78, 5) is 5.23. The van der Waals surface area contributed by atoms with Crippen LogP contribution < -0.4 is 4.74 Å². The van der Waals surface area contributed by atoms with Crippen LogP contribution in [0, 0.1) is 0 Å². The van der Waals surface area contributed by atoms with E-state index >= 15 is 0 Å². The lowest BCUT2D eigenvalue weighted by Gasteiger charge is -2.34. The first-order chi connectivity index (χ1) is 12.5. The number of hydrogen-bond acceptors (Lipinski definition) is 3. The lowest BCUT2D eigenvalue weighted by atomic mass is 10.1. The van der Waals surface area contributed by atoms with Crippen LogP contribution >= 0.6 is 47.0 Å². The van der Waals surface area contributed by atoms with Gasteiger partial charge in [-0.2, -0.15) is 0 Å². The zero-order valence-electron chi connectivity index (χ0n) is 14.3. The molecule has 26 heavy (non-hydrogen) atoms. The van der Waals surface area contributed by atoms with Gasteiger partial charge in [0, 0.05) is 46.8 Å². The predicted molar refractivity (Wildman–Crippen MR) is 113 cm³/mol. The van der Waals surface area contributed by atoms with Crippen molar-refractivity contribution in [2.24, 2.45) is 0 Å². The molecule has 0 aliphatic carbocycles. The number of hydrogen-bond donors (Lipinski definition) is 0. The molecule has 0 aromatic heterocycles. The largest absolute Gasteiger partial charge is 0.488 e. The summed E-state index contributed by atoms with van der Waals surface area (Å²) in [5.41, 5.74) is 1.57. The van der Waals surface area contributed by atoms with Gasteiger partial charge < -0.3 is 14.5 Å². The van der Waals surface area contributed by atoms with Crippen LogP contribution in [-0.4, -0.2) is 48.0 Å². The molecule has 0 amide bonds. The summed E-state index contributed by atoms with van der Waals surface area (Å²) in [5, 5.41) is 1.78. The molecule has 0 atom stereocenters. The fourth-order valence-corrected chi connectivity index (χ4v) is 3.82. The highest BCUT2D eigenvalue weighted by molar-refractivity contribution is 7.80. The second-order valence-electron chi connectivity index (χ2n) is 6.22. The molecular weight excluding hydrogens is 411 g/mol. The lowest BCUT2D eigenvalue weighted by molar-refractivity contribution is 0.217. The standard InChI is InChI=1S/C19H19Cl3N2OS/c1-23-7-9-24(10-8-23)19(26)14-11-13(20)5-6-18(14)25-12-15-16(21)3-2-4-17(15)22/h2-6,11H,7-10,12H2,1H3. The van der Waals surface area contributed by atoms with Crippen molar-refractivity contribution in [2.75, 3.05) is 33.2 Å². The second kappa shape index (κ2) is 8.77. The summed E-state index contributed by atoms with van der Waals surface area (Å²) >= 11 is 24.4. The van der Waals surface area contributed by atoms with Gasteiger partial charge in [-0.1, -0.05) is 53.1 Å². The minimum absolute atomic E-state index is 0.262. The highest BCUT2D eigenvalue weighted by Crippen LogP contribution is 2.29. The number of nitrogens with zero attached hydrogens (tertiary/aromatic N) is 2. The molecule has 2 aromatic carbocycles. The topological polar surface area (TPSA) is 15.7 Å². The van der Waals surface area contributed by atoms with Crippen LogP contribution in [0.1, 0.15) is 11.1 Å². The number of piperazine rings is 1. The van der Waals surface area contributed by atoms with Crippen LogP contribution in [0.3, 0.4) is 0 Å². The molecule has 0 saturated carbocycles. The number of halogens is 3. The third-order valence-corrected chi connectivity index (χ3v) is 5.82. The van der Waals surface area contributed by atoms with E-state index in [4.69, 9.17) is 51.8 Å². The second-order valence-corrected chi connectivity index (χ2v) is 7.86. The van der Waals surface area contributed by atoms with Gasteiger partial charge in [-0.05, 0) is 37.4 Å². The van der Waals surface area contributed by atoms with Crippen LogP contribution in [0.4, 0.5) is 0 Å². The van der Waals surface area contributed by atoms with Crippen molar-refractivity contribution >= 4 is 52.0 Å². The van der Waals surface area contributed by atoms with Gasteiger partial charge in [0.1, 0.15) is 17.3 Å². The van der Waals surface area contributed by atoms with Crippen molar-refractivity contribution in [3.8, 4) is 5.75 Å². The van der Waals surface area contributed by atoms with Crippen LogP contribution in [0.5, 0.6) is 5.75 Å². The van der Waals surface area contributed by atoms with Gasteiger partial charge >= 0.3 is 0 Å². The first kappa shape index (κ1) is 19.7. The first-order valence-corrected chi connectivity index (χ1v) is 9.83. The van der Waals surface area contributed by atoms with Crippen LogP contribution in [0.2, 0.25) is 15.1 Å². The molecule has 0 spiro atoms. The average Bonchev–Trinajstić information content (AvgIpc) is 2.62. The summed E-state index contributed by atoms with van der Waals surface area (Å²) < 4.78 is 6.02. The Labute approximate surface area is 174 Å². The summed E-state index contributed by atoms with van der Waals surface area (Å²) in [6.07, 6.45) is 0. The molecule has 138 valence electrons. The van der Waals surface area contributed by atoms with Crippen molar-refractivity contribution in [2.45, 2.75) is 6.61 Å². The predicted octanol–water partition coefficient (Wildman–Crippen LogP) is 5.15. The Hall–Kier alpha value is -1.04. The number of ether oxygens (including phenoxy) is 1. The quantitative estimate of drug-likeness (QED) is 0.624. The van der Waals surface area contributed by atoms with E-state index in [1.165, 1.54) is 0 Å². The first-order valence-electron chi connectivity index (χ1n) is 8.29. The van der Waals surface area contributed by atoms with E-state index in [1.807, 2.05) is 18.2 Å². The Balaban J connectivity index is 1.81. The molecule has 3 rings (SSSR count). The molecule has 0 bridgehead atoms. The van der Waals surface area contributed by atoms with Crippen LogP contribution in [0.15, 0.2) is 36.4 Å². The SMILES string of the molecule is CN1CCN(C(=S)c2cc(Cl)ccc2OCc2c(Cl)cccc2Cl)CC1. The van der Waals surface area contributed by atoms with Gasteiger partial charge in [-0.3, -0.25) is 0 Å². The zero-order valence-corrected chi connectivity index (χ0v) is 17.4. The fourth-order valence-electron chi connectivity index (χ4n) is 2.80. The van der Waals surface area contributed by atoms with Gasteiger partial charge in [0.25, 0.3) is 0 Å². The van der Waals surface area contributed by atoms with Crippen LogP contribution in [0.25, 0.3) is 0 Å². The number of likely N-dealkylation sites (N-methyl/N-ethyl adjacent to an activating group) is 1. The molecule has 0 radical (unpaired) electrons. The Morgan fingerprint density at radius 2 is 1.69 bits per heavy atom. The average molecular weight is 430 g/mol. The Kier molecular flexibility index (Phi) is 6.65. The van der Waals surface area contributed by atoms with E-state index in [2.05, 4.69) is 16.8 Å². The molecule has 1 aliphatic rings. The fraction of sp³-hybridized carbons (Fsp3) is 0.316. The van der Waals surface area contributed by atoms with Crippen molar-refractivity contribution in [3.05, 3.63) is 62.6 Å². The smallest absolute Gasteiger partial charge is 0.130 e. The van der Waals surface area contributed by atoms with Gasteiger partial charge in [0.2, 0.25) is 0 Å². The summed E-state index contributed by atoms with van der Waals surface area (Å²) in [5.74, 6) is 0.675. The molecule has 0 unspecified atom stereocenters. The maximum atomic E-state index is 6.23. The molecular formula is C19H19Cl3N2OS.